The second kappa shape index (κ2) is 6.53. The Morgan fingerprint density at radius 3 is 2.32 bits per heavy atom. The van der Waals surface area contributed by atoms with Gasteiger partial charge in [0, 0.05) is 12.1 Å². The van der Waals surface area contributed by atoms with Gasteiger partial charge < -0.3 is 11.1 Å². The average Bonchev–Trinajstić information content (AvgIpc) is 2.86. The molecule has 2 rings (SSSR count). The molecule has 2 heteroatoms. The minimum atomic E-state index is 0.415. The van der Waals surface area contributed by atoms with Crippen LogP contribution in [-0.2, 0) is 0 Å². The topological polar surface area (TPSA) is 38.0 Å². The fourth-order valence-electron chi connectivity index (χ4n) is 3.13. The van der Waals surface area contributed by atoms with E-state index >= 15 is 0 Å². The molecule has 1 aliphatic carbocycles. The minimum Gasteiger partial charge on any atom is -0.330 e. The van der Waals surface area contributed by atoms with Crippen LogP contribution in [0.25, 0.3) is 0 Å². The normalized spacial score (nSPS) is 24.9. The van der Waals surface area contributed by atoms with E-state index in [1.54, 1.807) is 0 Å². The van der Waals surface area contributed by atoms with Gasteiger partial charge in [-0.05, 0) is 49.3 Å². The molecule has 0 aliphatic heterocycles. The van der Waals surface area contributed by atoms with Crippen LogP contribution in [0.15, 0.2) is 24.3 Å². The number of benzene rings is 1. The van der Waals surface area contributed by atoms with Gasteiger partial charge in [0.2, 0.25) is 0 Å². The summed E-state index contributed by atoms with van der Waals surface area (Å²) in [7, 11) is 0. The van der Waals surface area contributed by atoms with Crippen molar-refractivity contribution in [1.29, 1.82) is 0 Å². The zero-order chi connectivity index (χ0) is 13.8. The molecule has 0 bridgehead atoms. The molecule has 1 aliphatic rings. The van der Waals surface area contributed by atoms with Gasteiger partial charge >= 0.3 is 0 Å². The van der Waals surface area contributed by atoms with E-state index in [9.17, 15) is 0 Å². The molecule has 2 nitrogen and oxygen atoms in total. The summed E-state index contributed by atoms with van der Waals surface area (Å²) in [6.45, 7) is 7.55. The highest BCUT2D eigenvalue weighted by Crippen LogP contribution is 2.27. The Bertz CT molecular complexity index is 383. The van der Waals surface area contributed by atoms with Gasteiger partial charge in [-0.25, -0.2) is 0 Å². The Morgan fingerprint density at radius 2 is 1.74 bits per heavy atom. The minimum absolute atomic E-state index is 0.415. The van der Waals surface area contributed by atoms with Crippen molar-refractivity contribution < 1.29 is 0 Å². The molecule has 0 aromatic heterocycles. The molecule has 3 unspecified atom stereocenters. The molecule has 1 fully saturated rings. The SMILES string of the molecule is CC(C)c1ccc(C(C)NC2CCCC2CN)cc1. The summed E-state index contributed by atoms with van der Waals surface area (Å²) >= 11 is 0. The highest BCUT2D eigenvalue weighted by atomic mass is 15.0. The lowest BCUT2D eigenvalue weighted by Gasteiger charge is -2.24. The lowest BCUT2D eigenvalue weighted by molar-refractivity contribution is 0.373. The highest BCUT2D eigenvalue weighted by molar-refractivity contribution is 5.26. The third-order valence-corrected chi connectivity index (χ3v) is 4.53. The summed E-state index contributed by atoms with van der Waals surface area (Å²) in [6, 6.07) is 10.1. The number of nitrogens with one attached hydrogen (secondary N) is 1. The molecule has 0 radical (unpaired) electrons. The molecule has 0 saturated heterocycles. The molecule has 1 saturated carbocycles. The molecule has 0 spiro atoms. The van der Waals surface area contributed by atoms with Crippen molar-refractivity contribution in [2.45, 2.75) is 58.0 Å². The quantitative estimate of drug-likeness (QED) is 0.849. The summed E-state index contributed by atoms with van der Waals surface area (Å²) in [5.74, 6) is 1.27. The van der Waals surface area contributed by atoms with Gasteiger partial charge in [-0.1, -0.05) is 44.5 Å². The number of hydrogen-bond acceptors (Lipinski definition) is 2. The highest BCUT2D eigenvalue weighted by Gasteiger charge is 2.27. The number of nitrogens with two attached hydrogens (primary N) is 1. The van der Waals surface area contributed by atoms with Crippen molar-refractivity contribution in [2.24, 2.45) is 11.7 Å². The first kappa shape index (κ1) is 14.5. The predicted octanol–water partition coefficient (Wildman–Crippen LogP) is 3.59. The molecule has 3 atom stereocenters. The maximum absolute atomic E-state index is 5.85. The third-order valence-electron chi connectivity index (χ3n) is 4.53. The first-order valence-corrected chi connectivity index (χ1v) is 7.67. The van der Waals surface area contributed by atoms with Crippen LogP contribution >= 0.6 is 0 Å². The zero-order valence-electron chi connectivity index (χ0n) is 12.5. The van der Waals surface area contributed by atoms with Crippen molar-refractivity contribution in [3.63, 3.8) is 0 Å². The lowest BCUT2D eigenvalue weighted by Crippen LogP contribution is -2.37. The van der Waals surface area contributed by atoms with E-state index in [2.05, 4.69) is 50.4 Å². The van der Waals surface area contributed by atoms with Gasteiger partial charge in [0.1, 0.15) is 0 Å². The van der Waals surface area contributed by atoms with Crippen LogP contribution in [0.4, 0.5) is 0 Å². The number of rotatable bonds is 5. The Labute approximate surface area is 117 Å². The van der Waals surface area contributed by atoms with Crippen LogP contribution in [-0.4, -0.2) is 12.6 Å². The monoisotopic (exact) mass is 260 g/mol. The maximum atomic E-state index is 5.85. The van der Waals surface area contributed by atoms with E-state index in [4.69, 9.17) is 5.73 Å². The van der Waals surface area contributed by atoms with E-state index < -0.39 is 0 Å². The smallest absolute Gasteiger partial charge is 0.0294 e. The average molecular weight is 260 g/mol. The van der Waals surface area contributed by atoms with E-state index in [0.717, 1.165) is 6.54 Å². The van der Waals surface area contributed by atoms with Gasteiger partial charge in [0.25, 0.3) is 0 Å². The largest absolute Gasteiger partial charge is 0.330 e. The first-order chi connectivity index (χ1) is 9.11. The maximum Gasteiger partial charge on any atom is 0.0294 e. The van der Waals surface area contributed by atoms with E-state index in [-0.39, 0.29) is 0 Å². The standard InChI is InChI=1S/C17H28N2/c1-12(2)14-7-9-15(10-8-14)13(3)19-17-6-4-5-16(17)11-18/h7-10,12-13,16-17,19H,4-6,11,18H2,1-3H3. The van der Waals surface area contributed by atoms with Gasteiger partial charge in [0.15, 0.2) is 0 Å². The van der Waals surface area contributed by atoms with Crippen LogP contribution in [0.5, 0.6) is 0 Å². The third kappa shape index (κ3) is 3.58. The van der Waals surface area contributed by atoms with Crippen molar-refractivity contribution >= 4 is 0 Å². The fraction of sp³-hybridized carbons (Fsp3) is 0.647. The second-order valence-corrected chi connectivity index (χ2v) is 6.24. The van der Waals surface area contributed by atoms with Crippen LogP contribution in [0.1, 0.15) is 63.1 Å². The summed E-state index contributed by atoms with van der Waals surface area (Å²) in [6.07, 6.45) is 3.88. The number of hydrogen-bond donors (Lipinski definition) is 2. The van der Waals surface area contributed by atoms with Crippen molar-refractivity contribution in [3.05, 3.63) is 35.4 Å². The molecule has 1 aromatic carbocycles. The lowest BCUT2D eigenvalue weighted by atomic mass is 9.98. The van der Waals surface area contributed by atoms with Gasteiger partial charge in [-0.15, -0.1) is 0 Å². The van der Waals surface area contributed by atoms with Crippen molar-refractivity contribution in [1.82, 2.24) is 5.32 Å². The molecular weight excluding hydrogens is 232 g/mol. The molecule has 19 heavy (non-hydrogen) atoms. The van der Waals surface area contributed by atoms with E-state index in [0.29, 0.717) is 23.9 Å². The molecule has 0 heterocycles. The van der Waals surface area contributed by atoms with Crippen LogP contribution in [0.2, 0.25) is 0 Å². The fourth-order valence-corrected chi connectivity index (χ4v) is 3.13. The van der Waals surface area contributed by atoms with Gasteiger partial charge in [-0.3, -0.25) is 0 Å². The Balaban J connectivity index is 1.97. The summed E-state index contributed by atoms with van der Waals surface area (Å²) in [4.78, 5) is 0. The Hall–Kier alpha value is -0.860. The molecular formula is C17H28N2. The summed E-state index contributed by atoms with van der Waals surface area (Å²) in [5, 5.41) is 3.76. The van der Waals surface area contributed by atoms with Crippen LogP contribution in [0.3, 0.4) is 0 Å². The van der Waals surface area contributed by atoms with E-state index in [1.807, 2.05) is 0 Å². The molecule has 0 amide bonds. The van der Waals surface area contributed by atoms with Crippen LogP contribution < -0.4 is 11.1 Å². The molecule has 1 aromatic rings. The van der Waals surface area contributed by atoms with Crippen molar-refractivity contribution in [2.75, 3.05) is 6.54 Å². The Morgan fingerprint density at radius 1 is 1.11 bits per heavy atom. The van der Waals surface area contributed by atoms with Crippen molar-refractivity contribution in [3.8, 4) is 0 Å². The molecule has 106 valence electrons. The second-order valence-electron chi connectivity index (χ2n) is 6.24. The Kier molecular flexibility index (Phi) is 5.00. The summed E-state index contributed by atoms with van der Waals surface area (Å²) in [5.41, 5.74) is 8.65. The predicted molar refractivity (Wildman–Crippen MR) is 82.3 cm³/mol. The summed E-state index contributed by atoms with van der Waals surface area (Å²) < 4.78 is 0. The van der Waals surface area contributed by atoms with Gasteiger partial charge in [0.05, 0.1) is 0 Å². The van der Waals surface area contributed by atoms with E-state index in [1.165, 1.54) is 30.4 Å². The van der Waals surface area contributed by atoms with Crippen LogP contribution in [0, 0.1) is 5.92 Å². The molecule has 3 N–H and O–H groups in total. The zero-order valence-corrected chi connectivity index (χ0v) is 12.5. The first-order valence-electron chi connectivity index (χ1n) is 7.67. The van der Waals surface area contributed by atoms with Gasteiger partial charge in [-0.2, -0.15) is 0 Å².